The Morgan fingerprint density at radius 1 is 1.33 bits per heavy atom. The lowest BCUT2D eigenvalue weighted by Crippen LogP contribution is -2.44. The maximum atomic E-state index is 10.9. The van der Waals surface area contributed by atoms with Gasteiger partial charge in [-0.1, -0.05) is 12.1 Å². The van der Waals surface area contributed by atoms with Crippen LogP contribution < -0.4 is 5.73 Å². The molecule has 1 heterocycles. The zero-order chi connectivity index (χ0) is 13.0. The molecule has 1 aromatic rings. The second kappa shape index (κ2) is 5.95. The van der Waals surface area contributed by atoms with Crippen LogP contribution in [-0.4, -0.2) is 48.4 Å². The van der Waals surface area contributed by atoms with Gasteiger partial charge >= 0.3 is 0 Å². The van der Waals surface area contributed by atoms with Crippen LogP contribution in [0.2, 0.25) is 0 Å². The van der Waals surface area contributed by atoms with E-state index in [4.69, 9.17) is 10.5 Å². The Hall–Kier alpha value is -1.43. The molecule has 1 aromatic carbocycles. The maximum absolute atomic E-state index is 10.9. The predicted octanol–water partition coefficient (Wildman–Crippen LogP) is -0.0214. The fourth-order valence-electron chi connectivity index (χ4n) is 2.02. The average Bonchev–Trinajstić information content (AvgIpc) is 2.40. The molecule has 0 saturated carbocycles. The summed E-state index contributed by atoms with van der Waals surface area (Å²) in [6.07, 6.45) is 0.0345. The molecule has 0 aliphatic carbocycles. The number of primary amides is 1. The smallest absolute Gasteiger partial charge is 0.248 e. The summed E-state index contributed by atoms with van der Waals surface area (Å²) >= 11 is 0. The van der Waals surface area contributed by atoms with Crippen LogP contribution in [0.4, 0.5) is 0 Å². The summed E-state index contributed by atoms with van der Waals surface area (Å²) in [7, 11) is 0. The first kappa shape index (κ1) is 13.0. The van der Waals surface area contributed by atoms with Gasteiger partial charge in [0.1, 0.15) is 6.23 Å². The molecular formula is C13H18N2O3. The number of amides is 1. The lowest BCUT2D eigenvalue weighted by atomic mass is 10.1. The molecule has 1 unspecified atom stereocenters. The van der Waals surface area contributed by atoms with Crippen molar-refractivity contribution in [3.05, 3.63) is 35.4 Å². The normalized spacial score (nSPS) is 18.5. The van der Waals surface area contributed by atoms with Crippen LogP contribution in [0.3, 0.4) is 0 Å². The van der Waals surface area contributed by atoms with Gasteiger partial charge in [0.15, 0.2) is 0 Å². The molecular weight excluding hydrogens is 232 g/mol. The van der Waals surface area contributed by atoms with Gasteiger partial charge in [-0.05, 0) is 17.7 Å². The molecule has 0 bridgehead atoms. The number of nitrogens with two attached hydrogens (primary N) is 1. The van der Waals surface area contributed by atoms with Crippen molar-refractivity contribution in [2.24, 2.45) is 5.73 Å². The molecule has 1 aliphatic rings. The van der Waals surface area contributed by atoms with Crippen molar-refractivity contribution in [1.82, 2.24) is 4.90 Å². The van der Waals surface area contributed by atoms with Gasteiger partial charge in [0, 0.05) is 25.1 Å². The average molecular weight is 250 g/mol. The molecule has 0 aromatic heterocycles. The maximum Gasteiger partial charge on any atom is 0.248 e. The summed E-state index contributed by atoms with van der Waals surface area (Å²) in [4.78, 5) is 12.9. The van der Waals surface area contributed by atoms with Crippen LogP contribution in [0, 0.1) is 0 Å². The second-order valence-corrected chi connectivity index (χ2v) is 4.39. The van der Waals surface area contributed by atoms with Crippen molar-refractivity contribution in [2.75, 3.05) is 26.3 Å². The number of morpholine rings is 1. The van der Waals surface area contributed by atoms with E-state index in [-0.39, 0.29) is 0 Å². The topological polar surface area (TPSA) is 75.8 Å². The summed E-state index contributed by atoms with van der Waals surface area (Å²) in [5, 5.41) is 10.1. The number of rotatable bonds is 4. The van der Waals surface area contributed by atoms with Crippen LogP contribution in [-0.2, 0) is 11.2 Å². The quantitative estimate of drug-likeness (QED) is 0.787. The molecule has 1 aliphatic heterocycles. The molecule has 1 fully saturated rings. The SMILES string of the molecule is NC(=O)c1ccc(CC(O)N2CCOCC2)cc1. The number of carbonyl (C=O) groups is 1. The summed E-state index contributed by atoms with van der Waals surface area (Å²) in [5.74, 6) is -0.435. The fourth-order valence-corrected chi connectivity index (χ4v) is 2.02. The minimum Gasteiger partial charge on any atom is -0.379 e. The van der Waals surface area contributed by atoms with Crippen LogP contribution >= 0.6 is 0 Å². The Morgan fingerprint density at radius 2 is 1.94 bits per heavy atom. The van der Waals surface area contributed by atoms with Gasteiger partial charge in [-0.15, -0.1) is 0 Å². The Morgan fingerprint density at radius 3 is 2.50 bits per heavy atom. The van der Waals surface area contributed by atoms with E-state index in [1.807, 2.05) is 17.0 Å². The van der Waals surface area contributed by atoms with Gasteiger partial charge in [0.05, 0.1) is 13.2 Å². The van der Waals surface area contributed by atoms with Crippen LogP contribution in [0.15, 0.2) is 24.3 Å². The number of aliphatic hydroxyl groups excluding tert-OH is 1. The van der Waals surface area contributed by atoms with E-state index in [1.165, 1.54) is 0 Å². The number of hydrogen-bond acceptors (Lipinski definition) is 4. The first-order chi connectivity index (χ1) is 8.66. The Bertz CT molecular complexity index is 399. The third kappa shape index (κ3) is 3.29. The molecule has 2 rings (SSSR count). The van der Waals surface area contributed by atoms with Crippen LogP contribution in [0.5, 0.6) is 0 Å². The molecule has 3 N–H and O–H groups in total. The Labute approximate surface area is 106 Å². The van der Waals surface area contributed by atoms with Gasteiger partial charge in [-0.3, -0.25) is 9.69 Å². The number of nitrogens with zero attached hydrogens (tertiary/aromatic N) is 1. The highest BCUT2D eigenvalue weighted by atomic mass is 16.5. The highest BCUT2D eigenvalue weighted by Crippen LogP contribution is 2.10. The van der Waals surface area contributed by atoms with Gasteiger partial charge in [-0.2, -0.15) is 0 Å². The van der Waals surface area contributed by atoms with Crippen molar-refractivity contribution in [1.29, 1.82) is 0 Å². The molecule has 0 spiro atoms. The molecule has 5 nitrogen and oxygen atoms in total. The van der Waals surface area contributed by atoms with E-state index in [1.54, 1.807) is 12.1 Å². The molecule has 1 atom stereocenters. The van der Waals surface area contributed by atoms with Crippen molar-refractivity contribution < 1.29 is 14.6 Å². The summed E-state index contributed by atoms with van der Waals surface area (Å²) < 4.78 is 5.24. The largest absolute Gasteiger partial charge is 0.379 e. The van der Waals surface area contributed by atoms with Gasteiger partial charge < -0.3 is 15.6 Å². The highest BCUT2D eigenvalue weighted by Gasteiger charge is 2.18. The van der Waals surface area contributed by atoms with Crippen molar-refractivity contribution in [2.45, 2.75) is 12.6 Å². The predicted molar refractivity (Wildman–Crippen MR) is 67.1 cm³/mol. The van der Waals surface area contributed by atoms with Gasteiger partial charge in [0.2, 0.25) is 5.91 Å². The van der Waals surface area contributed by atoms with Crippen molar-refractivity contribution >= 4 is 5.91 Å². The number of benzene rings is 1. The molecule has 5 heteroatoms. The van der Waals surface area contributed by atoms with E-state index in [9.17, 15) is 9.90 Å². The molecule has 1 amide bonds. The van der Waals surface area contributed by atoms with E-state index in [0.29, 0.717) is 25.2 Å². The number of carbonyl (C=O) groups excluding carboxylic acids is 1. The first-order valence-corrected chi connectivity index (χ1v) is 6.05. The minimum atomic E-state index is -0.506. The highest BCUT2D eigenvalue weighted by molar-refractivity contribution is 5.92. The molecule has 98 valence electrons. The van der Waals surface area contributed by atoms with E-state index in [2.05, 4.69) is 0 Å². The monoisotopic (exact) mass is 250 g/mol. The lowest BCUT2D eigenvalue weighted by Gasteiger charge is -2.31. The van der Waals surface area contributed by atoms with Gasteiger partial charge in [-0.25, -0.2) is 0 Å². The van der Waals surface area contributed by atoms with Crippen molar-refractivity contribution in [3.8, 4) is 0 Å². The van der Waals surface area contributed by atoms with E-state index in [0.717, 1.165) is 18.7 Å². The van der Waals surface area contributed by atoms with E-state index >= 15 is 0 Å². The van der Waals surface area contributed by atoms with E-state index < -0.39 is 12.1 Å². The third-order valence-electron chi connectivity index (χ3n) is 3.12. The summed E-state index contributed by atoms with van der Waals surface area (Å²) in [5.41, 5.74) is 6.64. The Balaban J connectivity index is 1.93. The van der Waals surface area contributed by atoms with Crippen molar-refractivity contribution in [3.63, 3.8) is 0 Å². The van der Waals surface area contributed by atoms with Gasteiger partial charge in [0.25, 0.3) is 0 Å². The summed E-state index contributed by atoms with van der Waals surface area (Å²) in [6.45, 7) is 2.83. The molecule has 1 saturated heterocycles. The van der Waals surface area contributed by atoms with Crippen LogP contribution in [0.25, 0.3) is 0 Å². The zero-order valence-electron chi connectivity index (χ0n) is 10.2. The number of ether oxygens (including phenoxy) is 1. The number of hydrogen-bond donors (Lipinski definition) is 2. The fraction of sp³-hybridized carbons (Fsp3) is 0.462. The van der Waals surface area contributed by atoms with Crippen LogP contribution in [0.1, 0.15) is 15.9 Å². The molecule has 18 heavy (non-hydrogen) atoms. The minimum absolute atomic E-state index is 0.435. The lowest BCUT2D eigenvalue weighted by molar-refractivity contribution is -0.0575. The second-order valence-electron chi connectivity index (χ2n) is 4.39. The number of aliphatic hydroxyl groups is 1. The third-order valence-corrected chi connectivity index (χ3v) is 3.12. The Kier molecular flexibility index (Phi) is 4.30. The zero-order valence-corrected chi connectivity index (χ0v) is 10.2. The first-order valence-electron chi connectivity index (χ1n) is 6.05. The molecule has 0 radical (unpaired) electrons. The standard InChI is InChI=1S/C13H18N2O3/c14-13(17)11-3-1-10(2-4-11)9-12(16)15-5-7-18-8-6-15/h1-4,12,16H,5-9H2,(H2,14,17). The summed E-state index contributed by atoms with van der Waals surface area (Å²) in [6, 6.07) is 7.01.